The SMILES string of the molecule is O=C([O-])c1cc(NC(=O)c2ccccc2F)cc(NC(=O)c2ccccc2F)c1. The maximum Gasteiger partial charge on any atom is 0.258 e. The summed E-state index contributed by atoms with van der Waals surface area (Å²) >= 11 is 0. The van der Waals surface area contributed by atoms with E-state index in [0.717, 1.165) is 24.3 Å². The average Bonchev–Trinajstić information content (AvgIpc) is 2.68. The number of rotatable bonds is 5. The Kier molecular flexibility index (Phi) is 5.64. The minimum atomic E-state index is -1.56. The van der Waals surface area contributed by atoms with Gasteiger partial charge >= 0.3 is 0 Å². The Morgan fingerprint density at radius 1 is 0.690 bits per heavy atom. The number of carboxylic acid groups (broad SMARTS) is 1. The van der Waals surface area contributed by atoms with Gasteiger partial charge < -0.3 is 20.5 Å². The second kappa shape index (κ2) is 8.30. The molecule has 0 aliphatic carbocycles. The highest BCUT2D eigenvalue weighted by Gasteiger charge is 2.15. The smallest absolute Gasteiger partial charge is 0.258 e. The number of anilines is 2. The van der Waals surface area contributed by atoms with E-state index < -0.39 is 29.4 Å². The van der Waals surface area contributed by atoms with Gasteiger partial charge in [0, 0.05) is 16.9 Å². The molecular weight excluding hydrogens is 382 g/mol. The molecule has 0 saturated carbocycles. The van der Waals surface area contributed by atoms with E-state index in [1.54, 1.807) is 0 Å². The lowest BCUT2D eigenvalue weighted by Crippen LogP contribution is -2.23. The molecule has 8 heteroatoms. The van der Waals surface area contributed by atoms with Gasteiger partial charge in [0.15, 0.2) is 0 Å². The summed E-state index contributed by atoms with van der Waals surface area (Å²) < 4.78 is 27.5. The van der Waals surface area contributed by atoms with Gasteiger partial charge in [0.1, 0.15) is 11.6 Å². The number of halogens is 2. The third-order valence-electron chi connectivity index (χ3n) is 3.92. The fraction of sp³-hybridized carbons (Fsp3) is 0. The van der Waals surface area contributed by atoms with E-state index in [4.69, 9.17) is 0 Å². The lowest BCUT2D eigenvalue weighted by Gasteiger charge is -2.13. The van der Waals surface area contributed by atoms with Gasteiger partial charge in [-0.15, -0.1) is 0 Å². The molecule has 0 aromatic heterocycles. The maximum atomic E-state index is 13.8. The van der Waals surface area contributed by atoms with E-state index in [1.165, 1.54) is 42.5 Å². The number of benzene rings is 3. The van der Waals surface area contributed by atoms with E-state index >= 15 is 0 Å². The van der Waals surface area contributed by atoms with Crippen LogP contribution in [0.25, 0.3) is 0 Å². The van der Waals surface area contributed by atoms with E-state index in [2.05, 4.69) is 10.6 Å². The van der Waals surface area contributed by atoms with E-state index in [-0.39, 0.29) is 28.1 Å². The average molecular weight is 395 g/mol. The van der Waals surface area contributed by atoms with Crippen molar-refractivity contribution >= 4 is 29.2 Å². The predicted octanol–water partition coefficient (Wildman–Crippen LogP) is 2.83. The van der Waals surface area contributed by atoms with Crippen LogP contribution in [0.2, 0.25) is 0 Å². The molecule has 0 bridgehead atoms. The maximum absolute atomic E-state index is 13.8. The number of carbonyl (C=O) groups excluding carboxylic acids is 3. The minimum absolute atomic E-state index is 0.0243. The van der Waals surface area contributed by atoms with Crippen LogP contribution in [0.3, 0.4) is 0 Å². The van der Waals surface area contributed by atoms with Crippen molar-refractivity contribution in [1.29, 1.82) is 0 Å². The number of carboxylic acids is 1. The fourth-order valence-electron chi connectivity index (χ4n) is 2.58. The van der Waals surface area contributed by atoms with Crippen molar-refractivity contribution in [2.24, 2.45) is 0 Å². The topological polar surface area (TPSA) is 98.3 Å². The van der Waals surface area contributed by atoms with Gasteiger partial charge in [-0.25, -0.2) is 8.78 Å². The number of hydrogen-bond donors (Lipinski definition) is 2. The Labute approximate surface area is 163 Å². The summed E-state index contributed by atoms with van der Waals surface area (Å²) in [5, 5.41) is 16.0. The van der Waals surface area contributed by atoms with Crippen LogP contribution in [0.5, 0.6) is 0 Å². The van der Waals surface area contributed by atoms with Crippen LogP contribution in [0.1, 0.15) is 31.1 Å². The Morgan fingerprint density at radius 2 is 1.10 bits per heavy atom. The summed E-state index contributed by atoms with van der Waals surface area (Å²) in [6.45, 7) is 0. The molecule has 2 amide bonds. The Hall–Kier alpha value is -4.07. The van der Waals surface area contributed by atoms with Crippen molar-refractivity contribution in [2.45, 2.75) is 0 Å². The van der Waals surface area contributed by atoms with Crippen molar-refractivity contribution in [2.75, 3.05) is 10.6 Å². The van der Waals surface area contributed by atoms with Crippen LogP contribution < -0.4 is 15.7 Å². The summed E-state index contributed by atoms with van der Waals surface area (Å²) in [7, 11) is 0. The highest BCUT2D eigenvalue weighted by molar-refractivity contribution is 6.07. The zero-order valence-electron chi connectivity index (χ0n) is 14.7. The zero-order chi connectivity index (χ0) is 21.0. The summed E-state index contributed by atoms with van der Waals surface area (Å²) in [6.07, 6.45) is 0. The van der Waals surface area contributed by atoms with Gasteiger partial charge in [-0.2, -0.15) is 0 Å². The van der Waals surface area contributed by atoms with Crippen molar-refractivity contribution in [3.05, 3.63) is 95.1 Å². The first kappa shape index (κ1) is 19.7. The van der Waals surface area contributed by atoms with E-state index in [9.17, 15) is 28.3 Å². The third-order valence-corrected chi connectivity index (χ3v) is 3.92. The Balaban J connectivity index is 1.89. The summed E-state index contributed by atoms with van der Waals surface area (Å²) in [5.74, 6) is -4.70. The quantitative estimate of drug-likeness (QED) is 0.694. The molecule has 0 heterocycles. The number of aromatic carboxylic acids is 1. The molecule has 0 spiro atoms. The summed E-state index contributed by atoms with van der Waals surface area (Å²) in [4.78, 5) is 35.8. The molecule has 146 valence electrons. The molecule has 2 N–H and O–H groups in total. The molecule has 3 aromatic carbocycles. The summed E-state index contributed by atoms with van der Waals surface area (Å²) in [6, 6.07) is 13.9. The second-order valence-electron chi connectivity index (χ2n) is 5.95. The molecule has 0 saturated heterocycles. The lowest BCUT2D eigenvalue weighted by molar-refractivity contribution is -0.255. The highest BCUT2D eigenvalue weighted by Crippen LogP contribution is 2.21. The Bertz CT molecular complexity index is 1040. The van der Waals surface area contributed by atoms with Crippen molar-refractivity contribution in [3.63, 3.8) is 0 Å². The van der Waals surface area contributed by atoms with Crippen molar-refractivity contribution in [3.8, 4) is 0 Å². The molecular formula is C21H13F2N2O4-. The fourth-order valence-corrected chi connectivity index (χ4v) is 2.58. The third kappa shape index (κ3) is 4.62. The second-order valence-corrected chi connectivity index (χ2v) is 5.95. The van der Waals surface area contributed by atoms with Crippen LogP contribution in [-0.4, -0.2) is 17.8 Å². The number of nitrogens with one attached hydrogen (secondary N) is 2. The van der Waals surface area contributed by atoms with Gasteiger partial charge in [0.05, 0.1) is 17.1 Å². The van der Waals surface area contributed by atoms with Crippen molar-refractivity contribution in [1.82, 2.24) is 0 Å². The first-order valence-corrected chi connectivity index (χ1v) is 8.33. The van der Waals surface area contributed by atoms with Crippen LogP contribution in [-0.2, 0) is 0 Å². The van der Waals surface area contributed by atoms with Crippen LogP contribution in [0, 0.1) is 11.6 Å². The predicted molar refractivity (Wildman–Crippen MR) is 99.5 cm³/mol. The van der Waals surface area contributed by atoms with E-state index in [1.807, 2.05) is 0 Å². The van der Waals surface area contributed by atoms with Gasteiger partial charge in [0.2, 0.25) is 0 Å². The first-order valence-electron chi connectivity index (χ1n) is 8.33. The molecule has 0 aliphatic rings. The molecule has 0 unspecified atom stereocenters. The zero-order valence-corrected chi connectivity index (χ0v) is 14.7. The standard InChI is InChI=1S/C21H14F2N2O4/c22-17-7-3-1-5-15(17)19(26)24-13-9-12(21(28)29)10-14(11-13)25-20(27)16-6-2-4-8-18(16)23/h1-11H,(H,24,26)(H,25,27)(H,28,29)/p-1. The number of carbonyl (C=O) groups is 3. The normalized spacial score (nSPS) is 10.3. The molecule has 3 rings (SSSR count). The molecule has 3 aromatic rings. The van der Waals surface area contributed by atoms with Crippen LogP contribution in [0.15, 0.2) is 66.7 Å². The first-order chi connectivity index (χ1) is 13.8. The van der Waals surface area contributed by atoms with Gasteiger partial charge in [-0.05, 0) is 42.5 Å². The minimum Gasteiger partial charge on any atom is -0.545 e. The van der Waals surface area contributed by atoms with Crippen LogP contribution in [0.4, 0.5) is 20.2 Å². The van der Waals surface area contributed by atoms with Gasteiger partial charge in [0.25, 0.3) is 11.8 Å². The number of amides is 2. The lowest BCUT2D eigenvalue weighted by atomic mass is 10.1. The molecule has 0 atom stereocenters. The van der Waals surface area contributed by atoms with Crippen LogP contribution >= 0.6 is 0 Å². The largest absolute Gasteiger partial charge is 0.545 e. The molecule has 0 aliphatic heterocycles. The summed E-state index contributed by atoms with van der Waals surface area (Å²) in [5.41, 5.74) is -0.890. The highest BCUT2D eigenvalue weighted by atomic mass is 19.1. The monoisotopic (exact) mass is 395 g/mol. The molecule has 0 fully saturated rings. The number of hydrogen-bond acceptors (Lipinski definition) is 4. The molecule has 0 radical (unpaired) electrons. The van der Waals surface area contributed by atoms with Gasteiger partial charge in [-0.3, -0.25) is 9.59 Å². The molecule has 6 nitrogen and oxygen atoms in total. The van der Waals surface area contributed by atoms with E-state index in [0.29, 0.717) is 0 Å². The van der Waals surface area contributed by atoms with Crippen molar-refractivity contribution < 1.29 is 28.3 Å². The van der Waals surface area contributed by atoms with Gasteiger partial charge in [-0.1, -0.05) is 24.3 Å². The molecule has 29 heavy (non-hydrogen) atoms. The Morgan fingerprint density at radius 3 is 1.48 bits per heavy atom.